The molecule has 90 valence electrons. The van der Waals surface area contributed by atoms with E-state index in [1.54, 1.807) is 0 Å². The van der Waals surface area contributed by atoms with Gasteiger partial charge in [0.1, 0.15) is 6.04 Å². The highest BCUT2D eigenvalue weighted by molar-refractivity contribution is 5.46. The SMILES string of the molecule is CCCN(C)C(C#N)c1ccc2c(c1)OCO2. The van der Waals surface area contributed by atoms with Crippen molar-refractivity contribution in [2.75, 3.05) is 20.4 Å². The molecule has 2 rings (SSSR count). The highest BCUT2D eigenvalue weighted by Crippen LogP contribution is 2.35. The number of benzene rings is 1. The van der Waals surface area contributed by atoms with E-state index in [9.17, 15) is 5.26 Å². The highest BCUT2D eigenvalue weighted by atomic mass is 16.7. The van der Waals surface area contributed by atoms with Gasteiger partial charge in [0, 0.05) is 0 Å². The number of nitrogens with zero attached hydrogens (tertiary/aromatic N) is 2. The summed E-state index contributed by atoms with van der Waals surface area (Å²) in [5, 5.41) is 9.26. The summed E-state index contributed by atoms with van der Waals surface area (Å²) in [6.07, 6.45) is 1.03. The number of nitriles is 1. The van der Waals surface area contributed by atoms with Gasteiger partial charge in [-0.3, -0.25) is 4.90 Å². The van der Waals surface area contributed by atoms with Gasteiger partial charge in [-0.05, 0) is 37.7 Å². The first kappa shape index (κ1) is 11.7. The molecule has 1 unspecified atom stereocenters. The van der Waals surface area contributed by atoms with Crippen LogP contribution < -0.4 is 9.47 Å². The van der Waals surface area contributed by atoms with Crippen molar-refractivity contribution in [3.05, 3.63) is 23.8 Å². The largest absolute Gasteiger partial charge is 0.454 e. The lowest BCUT2D eigenvalue weighted by Crippen LogP contribution is -2.24. The quantitative estimate of drug-likeness (QED) is 0.799. The van der Waals surface area contributed by atoms with E-state index in [1.807, 2.05) is 30.1 Å². The summed E-state index contributed by atoms with van der Waals surface area (Å²) in [5.41, 5.74) is 0.952. The summed E-state index contributed by atoms with van der Waals surface area (Å²) in [5.74, 6) is 1.48. The van der Waals surface area contributed by atoms with E-state index >= 15 is 0 Å². The van der Waals surface area contributed by atoms with Crippen LogP contribution in [0.1, 0.15) is 24.9 Å². The van der Waals surface area contributed by atoms with Crippen molar-refractivity contribution in [2.45, 2.75) is 19.4 Å². The summed E-state index contributed by atoms with van der Waals surface area (Å²) >= 11 is 0. The van der Waals surface area contributed by atoms with Gasteiger partial charge >= 0.3 is 0 Å². The van der Waals surface area contributed by atoms with Crippen molar-refractivity contribution in [3.8, 4) is 17.6 Å². The van der Waals surface area contributed by atoms with Crippen LogP contribution in [0.25, 0.3) is 0 Å². The van der Waals surface area contributed by atoms with Crippen molar-refractivity contribution in [1.82, 2.24) is 4.90 Å². The minimum Gasteiger partial charge on any atom is -0.454 e. The van der Waals surface area contributed by atoms with Gasteiger partial charge in [-0.2, -0.15) is 5.26 Å². The molecule has 1 aliphatic rings. The zero-order chi connectivity index (χ0) is 12.3. The van der Waals surface area contributed by atoms with Crippen molar-refractivity contribution in [2.24, 2.45) is 0 Å². The lowest BCUT2D eigenvalue weighted by Gasteiger charge is -2.22. The summed E-state index contributed by atoms with van der Waals surface area (Å²) in [6, 6.07) is 7.77. The Kier molecular flexibility index (Phi) is 3.50. The predicted octanol–water partition coefficient (Wildman–Crippen LogP) is 2.32. The van der Waals surface area contributed by atoms with Crippen molar-refractivity contribution in [1.29, 1.82) is 5.26 Å². The van der Waals surface area contributed by atoms with Crippen molar-refractivity contribution >= 4 is 0 Å². The van der Waals surface area contributed by atoms with Crippen molar-refractivity contribution < 1.29 is 9.47 Å². The second-order valence-electron chi connectivity index (χ2n) is 4.12. The monoisotopic (exact) mass is 232 g/mol. The number of hydrogen-bond donors (Lipinski definition) is 0. The van der Waals surface area contributed by atoms with Gasteiger partial charge in [0.25, 0.3) is 0 Å². The Bertz CT molecular complexity index is 440. The lowest BCUT2D eigenvalue weighted by atomic mass is 10.1. The fourth-order valence-electron chi connectivity index (χ4n) is 1.99. The third kappa shape index (κ3) is 2.34. The molecule has 1 aromatic rings. The van der Waals surface area contributed by atoms with E-state index in [1.165, 1.54) is 0 Å². The number of rotatable bonds is 4. The van der Waals surface area contributed by atoms with E-state index in [-0.39, 0.29) is 12.8 Å². The fraction of sp³-hybridized carbons (Fsp3) is 0.462. The molecule has 4 nitrogen and oxygen atoms in total. The molecule has 1 aromatic carbocycles. The van der Waals surface area contributed by atoms with Crippen LogP contribution in [-0.2, 0) is 0 Å². The molecule has 0 fully saturated rings. The zero-order valence-electron chi connectivity index (χ0n) is 10.1. The summed E-state index contributed by atoms with van der Waals surface area (Å²) < 4.78 is 10.6. The van der Waals surface area contributed by atoms with Gasteiger partial charge in [0.2, 0.25) is 6.79 Å². The first-order chi connectivity index (χ1) is 8.26. The zero-order valence-corrected chi connectivity index (χ0v) is 10.1. The highest BCUT2D eigenvalue weighted by Gasteiger charge is 2.20. The minimum absolute atomic E-state index is 0.232. The van der Waals surface area contributed by atoms with E-state index in [2.05, 4.69) is 13.0 Å². The van der Waals surface area contributed by atoms with Gasteiger partial charge in [0.05, 0.1) is 6.07 Å². The van der Waals surface area contributed by atoms with Crippen molar-refractivity contribution in [3.63, 3.8) is 0 Å². The Hall–Kier alpha value is -1.73. The number of hydrogen-bond acceptors (Lipinski definition) is 4. The molecule has 0 saturated carbocycles. The molecule has 1 atom stereocenters. The van der Waals surface area contributed by atoms with E-state index in [0.717, 1.165) is 30.0 Å². The summed E-state index contributed by atoms with van der Waals surface area (Å²) in [7, 11) is 1.96. The Morgan fingerprint density at radius 1 is 1.41 bits per heavy atom. The molecule has 1 aliphatic heterocycles. The maximum Gasteiger partial charge on any atom is 0.231 e. The van der Waals surface area contributed by atoms with Gasteiger partial charge in [-0.25, -0.2) is 0 Å². The molecular weight excluding hydrogens is 216 g/mol. The maximum atomic E-state index is 9.26. The third-order valence-corrected chi connectivity index (χ3v) is 2.85. The standard InChI is InChI=1S/C13H16N2O2/c1-3-6-15(2)11(8-14)10-4-5-12-13(7-10)17-9-16-12/h4-5,7,11H,3,6,9H2,1-2H3. The topological polar surface area (TPSA) is 45.5 Å². The normalized spacial score (nSPS) is 14.7. The van der Waals surface area contributed by atoms with Crippen LogP contribution in [0, 0.1) is 11.3 Å². The maximum absolute atomic E-state index is 9.26. The Labute approximate surface area is 101 Å². The molecule has 0 aliphatic carbocycles. The van der Waals surface area contributed by atoms with Gasteiger partial charge in [-0.15, -0.1) is 0 Å². The van der Waals surface area contributed by atoms with Gasteiger partial charge in [-0.1, -0.05) is 13.0 Å². The van der Waals surface area contributed by atoms with E-state index in [0.29, 0.717) is 0 Å². The van der Waals surface area contributed by atoms with E-state index in [4.69, 9.17) is 9.47 Å². The molecular formula is C13H16N2O2. The Morgan fingerprint density at radius 3 is 2.88 bits per heavy atom. The molecule has 0 bridgehead atoms. The second kappa shape index (κ2) is 5.07. The minimum atomic E-state index is -0.232. The molecule has 4 heteroatoms. The van der Waals surface area contributed by atoms with Gasteiger partial charge < -0.3 is 9.47 Å². The molecule has 0 aromatic heterocycles. The Morgan fingerprint density at radius 2 is 2.18 bits per heavy atom. The molecule has 0 saturated heterocycles. The molecule has 0 radical (unpaired) electrons. The first-order valence-electron chi connectivity index (χ1n) is 5.75. The second-order valence-corrected chi connectivity index (χ2v) is 4.12. The van der Waals surface area contributed by atoms with Gasteiger partial charge in [0.15, 0.2) is 11.5 Å². The lowest BCUT2D eigenvalue weighted by molar-refractivity contribution is 0.174. The van der Waals surface area contributed by atoms with Crippen LogP contribution in [0.15, 0.2) is 18.2 Å². The predicted molar refractivity (Wildman–Crippen MR) is 63.8 cm³/mol. The third-order valence-electron chi connectivity index (χ3n) is 2.85. The smallest absolute Gasteiger partial charge is 0.231 e. The average molecular weight is 232 g/mol. The van der Waals surface area contributed by atoms with Crippen LogP contribution in [-0.4, -0.2) is 25.3 Å². The molecule has 1 heterocycles. The Balaban J connectivity index is 2.23. The molecule has 0 N–H and O–H groups in total. The van der Waals surface area contributed by atoms with E-state index < -0.39 is 0 Å². The van der Waals surface area contributed by atoms with Crippen LogP contribution in [0.3, 0.4) is 0 Å². The summed E-state index contributed by atoms with van der Waals surface area (Å²) in [4.78, 5) is 2.04. The number of fused-ring (bicyclic) bond motifs is 1. The van der Waals surface area contributed by atoms with Crippen LogP contribution >= 0.6 is 0 Å². The summed E-state index contributed by atoms with van der Waals surface area (Å²) in [6.45, 7) is 3.26. The molecule has 0 spiro atoms. The number of ether oxygens (including phenoxy) is 2. The van der Waals surface area contributed by atoms with Crippen LogP contribution in [0.5, 0.6) is 11.5 Å². The van der Waals surface area contributed by atoms with Crippen LogP contribution in [0.2, 0.25) is 0 Å². The first-order valence-corrected chi connectivity index (χ1v) is 5.75. The van der Waals surface area contributed by atoms with Crippen LogP contribution in [0.4, 0.5) is 0 Å². The average Bonchev–Trinajstić information content (AvgIpc) is 2.77. The molecule has 0 amide bonds. The molecule has 17 heavy (non-hydrogen) atoms. The fourth-order valence-corrected chi connectivity index (χ4v) is 1.99.